The molecule has 0 spiro atoms. The van der Waals surface area contributed by atoms with Crippen molar-refractivity contribution in [1.82, 2.24) is 79.1 Å². The lowest BCUT2D eigenvalue weighted by atomic mass is 10.1. The van der Waals surface area contributed by atoms with Crippen LogP contribution in [0, 0.1) is 13.8 Å². The number of aromatic amines is 2. The highest BCUT2D eigenvalue weighted by Gasteiger charge is 2.35. The van der Waals surface area contributed by atoms with Crippen molar-refractivity contribution in [3.05, 3.63) is 200 Å². The molecule has 0 unspecified atom stereocenters. The van der Waals surface area contributed by atoms with Gasteiger partial charge in [-0.25, -0.2) is 35.2 Å². The molecule has 6 aliphatic rings. The maximum atomic E-state index is 13.0. The first-order chi connectivity index (χ1) is 50.8. The number of carbonyl (C=O) groups is 3. The van der Waals surface area contributed by atoms with Gasteiger partial charge in [0.2, 0.25) is 5.95 Å². The van der Waals surface area contributed by atoms with Crippen LogP contribution in [-0.4, -0.2) is 195 Å². The maximum absolute atomic E-state index is 13.0. The summed E-state index contributed by atoms with van der Waals surface area (Å²) in [4.78, 5) is 116. The van der Waals surface area contributed by atoms with Crippen LogP contribution < -0.4 is 53.0 Å². The van der Waals surface area contributed by atoms with E-state index in [0.29, 0.717) is 157 Å². The number of amides is 6. The van der Waals surface area contributed by atoms with Crippen molar-refractivity contribution >= 4 is 68.7 Å². The zero-order valence-corrected chi connectivity index (χ0v) is 58.4. The van der Waals surface area contributed by atoms with Crippen molar-refractivity contribution in [3.8, 4) is 34.4 Å². The lowest BCUT2D eigenvalue weighted by Crippen LogP contribution is -2.38. The number of aryl methyl sites for hydroxylation is 2. The largest absolute Gasteiger partial charge is 0.378 e. The van der Waals surface area contributed by atoms with Crippen LogP contribution in [0.5, 0.6) is 0 Å². The molecule has 9 N–H and O–H groups in total. The van der Waals surface area contributed by atoms with Crippen LogP contribution in [0.3, 0.4) is 0 Å². The first-order valence-corrected chi connectivity index (χ1v) is 35.4. The number of hydrazine groups is 1. The molecule has 6 aliphatic heterocycles. The highest BCUT2D eigenvalue weighted by Crippen LogP contribution is 2.35. The molecule has 16 rings (SSSR count). The van der Waals surface area contributed by atoms with Crippen LogP contribution >= 0.6 is 0 Å². The lowest BCUT2D eigenvalue weighted by molar-refractivity contribution is 0.122. The first kappa shape index (κ1) is 73.7. The summed E-state index contributed by atoms with van der Waals surface area (Å²) < 4.78 is 45.1. The fraction of sp³-hybridized carbons (Fsp3) is 0.314. The molecule has 552 valence electrons. The van der Waals surface area contributed by atoms with Crippen LogP contribution in [0.4, 0.5) is 54.8 Å². The van der Waals surface area contributed by atoms with E-state index in [-0.39, 0.29) is 48.5 Å². The average Bonchev–Trinajstić information content (AvgIpc) is 1.61. The minimum absolute atomic E-state index is 0. The molecule has 35 nitrogen and oxygen atoms in total. The number of nitrogen functional groups attached to an aromatic ring is 1. The Morgan fingerprint density at radius 3 is 1.14 bits per heavy atom. The van der Waals surface area contributed by atoms with Crippen LogP contribution in [0.2, 0.25) is 0 Å². The van der Waals surface area contributed by atoms with E-state index in [9.17, 15) is 32.4 Å². The van der Waals surface area contributed by atoms with Crippen molar-refractivity contribution in [1.29, 1.82) is 0 Å². The molecule has 3 saturated heterocycles. The van der Waals surface area contributed by atoms with E-state index < -0.39 is 10.1 Å². The summed E-state index contributed by atoms with van der Waals surface area (Å²) in [5, 5.41) is 14.9. The van der Waals surface area contributed by atoms with E-state index in [1.54, 1.807) is 100 Å². The maximum Gasteiger partial charge on any atom is 0.322 e. The van der Waals surface area contributed by atoms with Gasteiger partial charge >= 0.3 is 18.1 Å². The molecule has 6 amide bonds. The number of carbonyl (C=O) groups excluding carboxylic acids is 3. The standard InChI is InChI=1S/2C26H26N8O3.C16H20N8O2.CH4O3S.CH4/c2*1-17-4-2-5-18(12-17)21-13-23(35)34(31-21)25-29-22-16-33(26(36)28-19-6-3-7-27-14-19)15-20(22)24(30-25)32-8-10-37-11-9-32;17-22-15-20-13-10-24(16(25)19-11-2-1-3-18-8-11)9-12(13)14(21-15)23-4-6-26-7-5-23;1-5(2,3)4;/h2*2-7,12-14,31H,8-11,15-16H2,1H3,(H,28,36);1-3,8H,4-7,9-10,17H2,(H,19,25)(H,20,21,22);1H3,(H,2,3,4);1H4. The van der Waals surface area contributed by atoms with Crippen molar-refractivity contribution in [2.45, 2.75) is 60.5 Å². The SMILES string of the molecule is C.CS(=O)(=O)O.Cc1cccc(-c2cc(=O)n(-c3nc4c(c(N5CCOCC5)n3)CN(C(=O)Nc3cccnc3)C4)[nH]2)c1.Cc1cccc(-c2cc(=O)n(-c3nc4c(c(N5CCOCC5)n3)CN(C(=O)Nc3cccnc3)C4)[nH]2)c1.NNc1nc2c(c(N3CCOCC3)n1)CN(C(=O)Nc1cccnc1)C2. The number of hydrogen-bond donors (Lipinski definition) is 8. The number of pyridine rings is 3. The van der Waals surface area contributed by atoms with Gasteiger partial charge in [-0.05, 0) is 73.5 Å². The third kappa shape index (κ3) is 17.9. The summed E-state index contributed by atoms with van der Waals surface area (Å²) in [7, 11) is -3.67. The summed E-state index contributed by atoms with van der Waals surface area (Å²) in [6.45, 7) is 14.0. The molecule has 3 fully saturated rings. The number of ether oxygens (including phenoxy) is 3. The van der Waals surface area contributed by atoms with Gasteiger partial charge in [-0.15, -0.1) is 0 Å². The van der Waals surface area contributed by atoms with Gasteiger partial charge in [-0.3, -0.25) is 44.7 Å². The summed E-state index contributed by atoms with van der Waals surface area (Å²) >= 11 is 0. The molecule has 0 aliphatic carbocycles. The number of hydrogen-bond acceptors (Lipinski definition) is 24. The number of benzene rings is 2. The minimum atomic E-state index is -3.67. The molecule has 0 bridgehead atoms. The van der Waals surface area contributed by atoms with Gasteiger partial charge in [-0.2, -0.15) is 32.7 Å². The van der Waals surface area contributed by atoms with E-state index in [1.807, 2.05) is 62.4 Å². The smallest absolute Gasteiger partial charge is 0.322 e. The van der Waals surface area contributed by atoms with Gasteiger partial charge in [0.25, 0.3) is 33.1 Å². The van der Waals surface area contributed by atoms with Crippen LogP contribution in [-0.2, 0) is 63.6 Å². The van der Waals surface area contributed by atoms with E-state index in [2.05, 4.69) is 71.2 Å². The van der Waals surface area contributed by atoms with E-state index in [4.69, 9.17) is 44.5 Å². The fourth-order valence-corrected chi connectivity index (χ4v) is 12.4. The second-order valence-electron chi connectivity index (χ2n) is 25.0. The minimum Gasteiger partial charge on any atom is -0.378 e. The number of nitrogens with two attached hydrogens (primary N) is 1. The zero-order chi connectivity index (χ0) is 73.1. The summed E-state index contributed by atoms with van der Waals surface area (Å²) in [5.74, 6) is 8.62. The molecule has 0 radical (unpaired) electrons. The van der Waals surface area contributed by atoms with Gasteiger partial charge in [0.15, 0.2) is 0 Å². The molecular weight excluding hydrogens is 1380 g/mol. The van der Waals surface area contributed by atoms with Crippen molar-refractivity contribution in [3.63, 3.8) is 0 Å². The highest BCUT2D eigenvalue weighted by atomic mass is 32.2. The average molecular weight is 1470 g/mol. The lowest BCUT2D eigenvalue weighted by Gasteiger charge is -2.29. The first-order valence-electron chi connectivity index (χ1n) is 33.6. The van der Waals surface area contributed by atoms with E-state index >= 15 is 0 Å². The Hall–Kier alpha value is -12.1. The summed E-state index contributed by atoms with van der Waals surface area (Å²) in [6, 6.07) is 28.9. The second kappa shape index (κ2) is 33.1. The van der Waals surface area contributed by atoms with Crippen LogP contribution in [0.15, 0.2) is 144 Å². The summed E-state index contributed by atoms with van der Waals surface area (Å²) in [6.07, 6.45) is 10.5. The Morgan fingerprint density at radius 2 is 0.821 bits per heavy atom. The Bertz CT molecular complexity index is 4770. The number of H-pyrrole nitrogens is 2. The van der Waals surface area contributed by atoms with Crippen molar-refractivity contribution in [2.75, 3.05) is 121 Å². The normalized spacial score (nSPS) is 15.1. The third-order valence-electron chi connectivity index (χ3n) is 17.4. The molecule has 10 aromatic rings. The quantitative estimate of drug-likeness (QED) is 0.0412. The molecule has 106 heavy (non-hydrogen) atoms. The Kier molecular flexibility index (Phi) is 23.0. The topological polar surface area (TPSA) is 418 Å². The second-order valence-corrected chi connectivity index (χ2v) is 26.5. The van der Waals surface area contributed by atoms with Crippen molar-refractivity contribution in [2.24, 2.45) is 5.84 Å². The molecule has 0 atom stereocenters. The van der Waals surface area contributed by atoms with Gasteiger partial charge < -0.3 is 59.6 Å². The number of fused-ring (bicyclic) bond motifs is 3. The van der Waals surface area contributed by atoms with Crippen molar-refractivity contribution < 1.29 is 41.6 Å². The van der Waals surface area contributed by atoms with E-state index in [0.717, 1.165) is 75.2 Å². The number of nitrogens with one attached hydrogen (secondary N) is 6. The van der Waals surface area contributed by atoms with Gasteiger partial charge in [0.1, 0.15) is 17.5 Å². The third-order valence-corrected chi connectivity index (χ3v) is 17.4. The number of anilines is 7. The van der Waals surface area contributed by atoms with Gasteiger partial charge in [0, 0.05) is 86.7 Å². The van der Waals surface area contributed by atoms with Crippen LogP contribution in [0.25, 0.3) is 34.4 Å². The Balaban J connectivity index is 0.000000146. The Morgan fingerprint density at radius 1 is 0.481 bits per heavy atom. The molecule has 36 heteroatoms. The molecule has 0 saturated carbocycles. The number of morpholine rings is 3. The Labute approximate surface area is 608 Å². The van der Waals surface area contributed by atoms with E-state index in [1.165, 1.54) is 9.36 Å². The monoisotopic (exact) mass is 1460 g/mol. The molecular formula is C70H80N24O11S. The number of nitrogens with zero attached hydrogens (tertiary/aromatic N) is 17. The molecule has 2 aromatic carbocycles. The predicted octanol–water partition coefficient (Wildman–Crippen LogP) is 6.10. The number of urea groups is 3. The summed E-state index contributed by atoms with van der Waals surface area (Å²) in [5.41, 5.74) is 14.2. The predicted molar refractivity (Wildman–Crippen MR) is 395 cm³/mol. The van der Waals surface area contributed by atoms with Gasteiger partial charge in [-0.1, -0.05) is 55.0 Å². The number of aromatic nitrogens is 13. The van der Waals surface area contributed by atoms with Crippen LogP contribution in [0.1, 0.15) is 52.3 Å². The molecule has 8 aromatic heterocycles. The highest BCUT2D eigenvalue weighted by molar-refractivity contribution is 7.85. The number of rotatable bonds is 11. The van der Waals surface area contributed by atoms with Gasteiger partial charge in [0.05, 0.1) is 149 Å². The zero-order valence-electron chi connectivity index (χ0n) is 57.5. The molecule has 14 heterocycles. The fourth-order valence-electron chi connectivity index (χ4n) is 12.4.